The summed E-state index contributed by atoms with van der Waals surface area (Å²) in [6.07, 6.45) is 0.157. The molecule has 0 aromatic heterocycles. The highest BCUT2D eigenvalue weighted by Crippen LogP contribution is 2.09. The molecule has 0 bridgehead atoms. The quantitative estimate of drug-likeness (QED) is 0.733. The molecular weight excluding hydrogens is 334 g/mol. The number of nitrogens with one attached hydrogen (secondary N) is 2. The van der Waals surface area contributed by atoms with Crippen LogP contribution >= 0.6 is 0 Å². The lowest BCUT2D eigenvalue weighted by Gasteiger charge is -2.08. The molecule has 26 heavy (non-hydrogen) atoms. The van der Waals surface area contributed by atoms with Gasteiger partial charge in [-0.2, -0.15) is 5.26 Å². The number of rotatable bonds is 7. The fraction of sp³-hybridized carbons (Fsp3) is 0.158. The smallest absolute Gasteiger partial charge is 0.325 e. The van der Waals surface area contributed by atoms with Crippen LogP contribution in [0.4, 0.5) is 5.69 Å². The zero-order chi connectivity index (χ0) is 18.8. The molecule has 0 saturated carbocycles. The normalized spacial score (nSPS) is 9.65. The number of carbonyl (C=O) groups excluding carboxylic acids is 3. The van der Waals surface area contributed by atoms with E-state index in [0.29, 0.717) is 11.3 Å². The minimum Gasteiger partial charge on any atom is -0.454 e. The van der Waals surface area contributed by atoms with Crippen molar-refractivity contribution in [2.45, 2.75) is 6.42 Å². The van der Waals surface area contributed by atoms with Gasteiger partial charge in [0.1, 0.15) is 6.54 Å². The standard InChI is InChI=1S/C19H17N3O4/c20-11-15-7-4-8-16(9-15)22-18(24)13-26-19(25)12-21-17(23)10-14-5-2-1-3-6-14/h1-9H,10,12-13H2,(H,21,23)(H,22,24). The van der Waals surface area contributed by atoms with E-state index in [1.807, 2.05) is 36.4 Å². The van der Waals surface area contributed by atoms with Crippen LogP contribution in [-0.2, 0) is 25.5 Å². The van der Waals surface area contributed by atoms with Gasteiger partial charge in [0.25, 0.3) is 5.91 Å². The van der Waals surface area contributed by atoms with Gasteiger partial charge in [-0.05, 0) is 23.8 Å². The molecule has 0 radical (unpaired) electrons. The largest absolute Gasteiger partial charge is 0.454 e. The Labute approximate surface area is 150 Å². The highest BCUT2D eigenvalue weighted by atomic mass is 16.5. The lowest BCUT2D eigenvalue weighted by molar-refractivity contribution is -0.147. The van der Waals surface area contributed by atoms with Crippen LogP contribution < -0.4 is 10.6 Å². The number of hydrogen-bond donors (Lipinski definition) is 2. The Morgan fingerprint density at radius 1 is 1.00 bits per heavy atom. The Morgan fingerprint density at radius 3 is 2.50 bits per heavy atom. The third kappa shape index (κ3) is 6.45. The van der Waals surface area contributed by atoms with Crippen LogP contribution in [-0.4, -0.2) is 30.9 Å². The first kappa shape index (κ1) is 18.7. The highest BCUT2D eigenvalue weighted by Gasteiger charge is 2.10. The minimum absolute atomic E-state index is 0.157. The number of amides is 2. The maximum atomic E-state index is 11.7. The number of hydrogen-bond acceptors (Lipinski definition) is 5. The van der Waals surface area contributed by atoms with E-state index in [2.05, 4.69) is 10.6 Å². The molecule has 0 aliphatic rings. The van der Waals surface area contributed by atoms with E-state index in [9.17, 15) is 14.4 Å². The molecule has 0 aliphatic heterocycles. The van der Waals surface area contributed by atoms with Crippen molar-refractivity contribution in [2.75, 3.05) is 18.5 Å². The maximum absolute atomic E-state index is 11.7. The molecule has 0 fully saturated rings. The van der Waals surface area contributed by atoms with Crippen LogP contribution in [0.3, 0.4) is 0 Å². The van der Waals surface area contributed by atoms with E-state index in [1.54, 1.807) is 18.2 Å². The Kier molecular flexibility index (Phi) is 6.89. The van der Waals surface area contributed by atoms with Crippen LogP contribution in [0.15, 0.2) is 54.6 Å². The number of benzene rings is 2. The summed E-state index contributed by atoms with van der Waals surface area (Å²) in [7, 11) is 0. The molecule has 2 N–H and O–H groups in total. The SMILES string of the molecule is N#Cc1cccc(NC(=O)COC(=O)CNC(=O)Cc2ccccc2)c1. The lowest BCUT2D eigenvalue weighted by Crippen LogP contribution is -2.33. The summed E-state index contributed by atoms with van der Waals surface area (Å²) < 4.78 is 4.80. The monoisotopic (exact) mass is 351 g/mol. The Morgan fingerprint density at radius 2 is 1.77 bits per heavy atom. The molecule has 2 aromatic carbocycles. The van der Waals surface area contributed by atoms with E-state index in [1.165, 1.54) is 6.07 Å². The molecular formula is C19H17N3O4. The number of esters is 1. The molecule has 2 amide bonds. The van der Waals surface area contributed by atoms with Gasteiger partial charge < -0.3 is 15.4 Å². The van der Waals surface area contributed by atoms with Crippen molar-refractivity contribution in [2.24, 2.45) is 0 Å². The summed E-state index contributed by atoms with van der Waals surface area (Å²) in [5.74, 6) is -1.57. The highest BCUT2D eigenvalue weighted by molar-refractivity contribution is 5.93. The Hall–Kier alpha value is -3.66. The summed E-state index contributed by atoms with van der Waals surface area (Å²) in [6, 6.07) is 17.4. The van der Waals surface area contributed by atoms with Crippen LogP contribution in [0.1, 0.15) is 11.1 Å². The molecule has 132 valence electrons. The summed E-state index contributed by atoms with van der Waals surface area (Å²) >= 11 is 0. The van der Waals surface area contributed by atoms with Crippen LogP contribution in [0, 0.1) is 11.3 Å². The van der Waals surface area contributed by atoms with Gasteiger partial charge in [-0.3, -0.25) is 14.4 Å². The van der Waals surface area contributed by atoms with Crippen molar-refractivity contribution in [1.29, 1.82) is 5.26 Å². The minimum atomic E-state index is -0.715. The topological polar surface area (TPSA) is 108 Å². The van der Waals surface area contributed by atoms with Gasteiger partial charge in [0, 0.05) is 5.69 Å². The van der Waals surface area contributed by atoms with E-state index in [0.717, 1.165) is 5.56 Å². The van der Waals surface area contributed by atoms with Gasteiger partial charge in [-0.15, -0.1) is 0 Å². The van der Waals surface area contributed by atoms with Crippen molar-refractivity contribution >= 4 is 23.5 Å². The van der Waals surface area contributed by atoms with Gasteiger partial charge in [-0.25, -0.2) is 0 Å². The van der Waals surface area contributed by atoms with E-state index in [4.69, 9.17) is 10.00 Å². The van der Waals surface area contributed by atoms with Crippen molar-refractivity contribution in [3.05, 3.63) is 65.7 Å². The molecule has 0 unspecified atom stereocenters. The van der Waals surface area contributed by atoms with Crippen LogP contribution in [0.5, 0.6) is 0 Å². The molecule has 0 saturated heterocycles. The predicted molar refractivity (Wildman–Crippen MR) is 93.9 cm³/mol. The third-order valence-corrected chi connectivity index (χ3v) is 3.28. The fourth-order valence-corrected chi connectivity index (χ4v) is 2.08. The van der Waals surface area contributed by atoms with Crippen molar-refractivity contribution in [3.8, 4) is 6.07 Å². The summed E-state index contributed by atoms with van der Waals surface area (Å²) in [5, 5.41) is 13.8. The zero-order valence-corrected chi connectivity index (χ0v) is 13.9. The third-order valence-electron chi connectivity index (χ3n) is 3.28. The first-order valence-electron chi connectivity index (χ1n) is 7.83. The van der Waals surface area contributed by atoms with Crippen molar-refractivity contribution in [3.63, 3.8) is 0 Å². The molecule has 0 heterocycles. The number of nitriles is 1. The average molecular weight is 351 g/mol. The Bertz CT molecular complexity index is 828. The van der Waals surface area contributed by atoms with Gasteiger partial charge in [0.05, 0.1) is 18.1 Å². The number of nitrogens with zero attached hydrogens (tertiary/aromatic N) is 1. The van der Waals surface area contributed by atoms with Crippen LogP contribution in [0.25, 0.3) is 0 Å². The predicted octanol–water partition coefficient (Wildman–Crippen LogP) is 1.40. The summed E-state index contributed by atoms with van der Waals surface area (Å²) in [4.78, 5) is 35.1. The van der Waals surface area contributed by atoms with Crippen molar-refractivity contribution in [1.82, 2.24) is 5.32 Å². The maximum Gasteiger partial charge on any atom is 0.325 e. The Balaban J connectivity index is 1.68. The second-order valence-corrected chi connectivity index (χ2v) is 5.34. The first-order chi connectivity index (χ1) is 12.6. The van der Waals surface area contributed by atoms with E-state index < -0.39 is 18.5 Å². The van der Waals surface area contributed by atoms with Gasteiger partial charge in [-0.1, -0.05) is 36.4 Å². The molecule has 0 spiro atoms. The molecule has 2 aromatic rings. The molecule has 0 atom stereocenters. The fourth-order valence-electron chi connectivity index (χ4n) is 2.08. The van der Waals surface area contributed by atoms with Gasteiger partial charge in [0.15, 0.2) is 6.61 Å². The molecule has 0 aliphatic carbocycles. The molecule has 2 rings (SSSR count). The van der Waals surface area contributed by atoms with Gasteiger partial charge >= 0.3 is 5.97 Å². The molecule has 7 heteroatoms. The van der Waals surface area contributed by atoms with E-state index in [-0.39, 0.29) is 18.9 Å². The average Bonchev–Trinajstić information content (AvgIpc) is 2.65. The number of anilines is 1. The molecule has 7 nitrogen and oxygen atoms in total. The first-order valence-corrected chi connectivity index (χ1v) is 7.83. The number of ether oxygens (including phenoxy) is 1. The second-order valence-electron chi connectivity index (χ2n) is 5.34. The lowest BCUT2D eigenvalue weighted by atomic mass is 10.1. The van der Waals surface area contributed by atoms with Crippen LogP contribution in [0.2, 0.25) is 0 Å². The van der Waals surface area contributed by atoms with E-state index >= 15 is 0 Å². The van der Waals surface area contributed by atoms with Crippen molar-refractivity contribution < 1.29 is 19.1 Å². The van der Waals surface area contributed by atoms with Gasteiger partial charge in [0.2, 0.25) is 5.91 Å². The second kappa shape index (κ2) is 9.59. The summed E-state index contributed by atoms with van der Waals surface area (Å²) in [6.45, 7) is -0.799. The zero-order valence-electron chi connectivity index (χ0n) is 13.9. The summed E-state index contributed by atoms with van der Waals surface area (Å²) in [5.41, 5.74) is 1.67. The number of carbonyl (C=O) groups is 3.